The lowest BCUT2D eigenvalue weighted by Crippen LogP contribution is -2.44. The molecule has 0 aromatic rings. The highest BCUT2D eigenvalue weighted by atomic mass is 19.4. The first-order chi connectivity index (χ1) is 7.80. The zero-order valence-corrected chi connectivity index (χ0v) is 10.4. The normalized spacial score (nSPS) is 22.0. The highest BCUT2D eigenvalue weighted by Gasteiger charge is 2.42. The van der Waals surface area contributed by atoms with Crippen molar-refractivity contribution in [3.8, 4) is 0 Å². The lowest BCUT2D eigenvalue weighted by molar-refractivity contribution is -0.188. The average molecular weight is 251 g/mol. The van der Waals surface area contributed by atoms with Crippen molar-refractivity contribution in [3.63, 3.8) is 0 Å². The zero-order chi connectivity index (χ0) is 13.1. The highest BCUT2D eigenvalue weighted by Crippen LogP contribution is 2.33. The number of alkyl halides is 3. The molecule has 17 heavy (non-hydrogen) atoms. The summed E-state index contributed by atoms with van der Waals surface area (Å²) < 4.78 is 37.7. The van der Waals surface area contributed by atoms with E-state index in [2.05, 4.69) is 0 Å². The number of likely N-dealkylation sites (tertiary alicyclic amines) is 1. The Kier molecular flexibility index (Phi) is 4.83. The van der Waals surface area contributed by atoms with E-state index in [0.29, 0.717) is 25.3 Å². The SMILES string of the molecule is CC(C)CCC(=O)N1CCCC(C(F)(F)F)C1. The largest absolute Gasteiger partial charge is 0.393 e. The van der Waals surface area contributed by atoms with Crippen LogP contribution in [0.25, 0.3) is 0 Å². The smallest absolute Gasteiger partial charge is 0.342 e. The fourth-order valence-corrected chi connectivity index (χ4v) is 2.04. The molecule has 1 aliphatic rings. The van der Waals surface area contributed by atoms with Crippen LogP contribution in [0.15, 0.2) is 0 Å². The summed E-state index contributed by atoms with van der Waals surface area (Å²) in [6, 6.07) is 0. The molecule has 2 nitrogen and oxygen atoms in total. The Labute approximate surface area is 100 Å². The summed E-state index contributed by atoms with van der Waals surface area (Å²) in [6.07, 6.45) is -2.46. The highest BCUT2D eigenvalue weighted by molar-refractivity contribution is 5.76. The Morgan fingerprint density at radius 3 is 2.59 bits per heavy atom. The van der Waals surface area contributed by atoms with Gasteiger partial charge in [0.15, 0.2) is 0 Å². The van der Waals surface area contributed by atoms with Gasteiger partial charge in [0.25, 0.3) is 0 Å². The molecule has 0 saturated carbocycles. The monoisotopic (exact) mass is 251 g/mol. The second-order valence-electron chi connectivity index (χ2n) is 5.15. The first-order valence-electron chi connectivity index (χ1n) is 6.15. The maximum absolute atomic E-state index is 12.6. The van der Waals surface area contributed by atoms with Crippen LogP contribution >= 0.6 is 0 Å². The Morgan fingerprint density at radius 1 is 1.41 bits per heavy atom. The molecule has 0 aliphatic carbocycles. The molecule has 0 aromatic carbocycles. The fourth-order valence-electron chi connectivity index (χ4n) is 2.04. The van der Waals surface area contributed by atoms with Crippen LogP contribution in [-0.2, 0) is 4.79 Å². The van der Waals surface area contributed by atoms with E-state index in [4.69, 9.17) is 0 Å². The van der Waals surface area contributed by atoms with Crippen molar-refractivity contribution in [1.82, 2.24) is 4.90 Å². The van der Waals surface area contributed by atoms with E-state index in [1.54, 1.807) is 0 Å². The molecule has 1 aliphatic heterocycles. The van der Waals surface area contributed by atoms with Gasteiger partial charge in [0.2, 0.25) is 5.91 Å². The van der Waals surface area contributed by atoms with Gasteiger partial charge >= 0.3 is 6.18 Å². The summed E-state index contributed by atoms with van der Waals surface area (Å²) in [4.78, 5) is 13.1. The van der Waals surface area contributed by atoms with E-state index in [1.807, 2.05) is 13.8 Å². The van der Waals surface area contributed by atoms with Gasteiger partial charge in [-0.05, 0) is 25.2 Å². The van der Waals surface area contributed by atoms with Crippen molar-refractivity contribution in [2.24, 2.45) is 11.8 Å². The summed E-state index contributed by atoms with van der Waals surface area (Å²) in [6.45, 7) is 4.33. The number of carbonyl (C=O) groups excluding carboxylic acids is 1. The molecule has 1 fully saturated rings. The van der Waals surface area contributed by atoms with Crippen LogP contribution in [-0.4, -0.2) is 30.1 Å². The van der Waals surface area contributed by atoms with Gasteiger partial charge in [0, 0.05) is 19.5 Å². The van der Waals surface area contributed by atoms with Gasteiger partial charge in [-0.1, -0.05) is 13.8 Å². The molecule has 0 spiro atoms. The Balaban J connectivity index is 2.46. The van der Waals surface area contributed by atoms with Gasteiger partial charge in [-0.2, -0.15) is 13.2 Å². The van der Waals surface area contributed by atoms with Crippen LogP contribution in [0.4, 0.5) is 13.2 Å². The van der Waals surface area contributed by atoms with Crippen LogP contribution in [0, 0.1) is 11.8 Å². The first-order valence-corrected chi connectivity index (χ1v) is 6.15. The van der Waals surface area contributed by atoms with Crippen LogP contribution in [0.1, 0.15) is 39.5 Å². The number of hydrogen-bond donors (Lipinski definition) is 0. The molecular weight excluding hydrogens is 231 g/mol. The molecule has 0 N–H and O–H groups in total. The zero-order valence-electron chi connectivity index (χ0n) is 10.4. The van der Waals surface area contributed by atoms with Crippen LogP contribution in [0.5, 0.6) is 0 Å². The van der Waals surface area contributed by atoms with E-state index >= 15 is 0 Å². The number of piperidine rings is 1. The summed E-state index contributed by atoms with van der Waals surface area (Å²) in [5.41, 5.74) is 0. The second kappa shape index (κ2) is 5.74. The number of hydrogen-bond acceptors (Lipinski definition) is 1. The van der Waals surface area contributed by atoms with Crippen molar-refractivity contribution in [2.45, 2.75) is 45.7 Å². The predicted molar refractivity (Wildman–Crippen MR) is 59.4 cm³/mol. The molecular formula is C12H20F3NO. The Bertz CT molecular complexity index is 263. The predicted octanol–water partition coefficient (Wildman–Crippen LogP) is 3.22. The lowest BCUT2D eigenvalue weighted by atomic mass is 9.97. The van der Waals surface area contributed by atoms with E-state index in [9.17, 15) is 18.0 Å². The number of carbonyl (C=O) groups is 1. The molecule has 0 radical (unpaired) electrons. The quantitative estimate of drug-likeness (QED) is 0.754. The molecule has 1 heterocycles. The van der Waals surface area contributed by atoms with Crippen LogP contribution < -0.4 is 0 Å². The summed E-state index contributed by atoms with van der Waals surface area (Å²) >= 11 is 0. The van der Waals surface area contributed by atoms with Crippen LogP contribution in [0.2, 0.25) is 0 Å². The maximum atomic E-state index is 12.6. The standard InChI is InChI=1S/C12H20F3NO/c1-9(2)5-6-11(17)16-7-3-4-10(8-16)12(13,14)15/h9-10H,3-8H2,1-2H3. The Morgan fingerprint density at radius 2 is 2.06 bits per heavy atom. The minimum atomic E-state index is -4.17. The molecule has 1 unspecified atom stereocenters. The van der Waals surface area contributed by atoms with Gasteiger partial charge < -0.3 is 4.90 Å². The third-order valence-electron chi connectivity index (χ3n) is 3.17. The van der Waals surface area contributed by atoms with E-state index in [-0.39, 0.29) is 18.9 Å². The van der Waals surface area contributed by atoms with Gasteiger partial charge in [0.1, 0.15) is 0 Å². The van der Waals surface area contributed by atoms with Gasteiger partial charge in [-0.15, -0.1) is 0 Å². The van der Waals surface area contributed by atoms with E-state index in [1.165, 1.54) is 4.90 Å². The Hall–Kier alpha value is -0.740. The summed E-state index contributed by atoms with van der Waals surface area (Å²) in [7, 11) is 0. The molecule has 1 rings (SSSR count). The van der Waals surface area contributed by atoms with Crippen LogP contribution in [0.3, 0.4) is 0 Å². The fraction of sp³-hybridized carbons (Fsp3) is 0.917. The first kappa shape index (κ1) is 14.3. The molecule has 5 heteroatoms. The summed E-state index contributed by atoms with van der Waals surface area (Å²) in [5.74, 6) is -1.06. The second-order valence-corrected chi connectivity index (χ2v) is 5.15. The lowest BCUT2D eigenvalue weighted by Gasteiger charge is -2.34. The maximum Gasteiger partial charge on any atom is 0.393 e. The van der Waals surface area contributed by atoms with Crippen molar-refractivity contribution in [3.05, 3.63) is 0 Å². The molecule has 1 amide bonds. The van der Waals surface area contributed by atoms with E-state index in [0.717, 1.165) is 6.42 Å². The third-order valence-corrected chi connectivity index (χ3v) is 3.17. The minimum Gasteiger partial charge on any atom is -0.342 e. The van der Waals surface area contributed by atoms with Crippen molar-refractivity contribution >= 4 is 5.91 Å². The van der Waals surface area contributed by atoms with Gasteiger partial charge in [0.05, 0.1) is 5.92 Å². The molecule has 1 atom stereocenters. The molecule has 100 valence electrons. The third kappa shape index (κ3) is 4.56. The number of rotatable bonds is 3. The van der Waals surface area contributed by atoms with Gasteiger partial charge in [-0.3, -0.25) is 4.79 Å². The van der Waals surface area contributed by atoms with Crippen molar-refractivity contribution in [2.75, 3.05) is 13.1 Å². The van der Waals surface area contributed by atoms with Crippen molar-refractivity contribution in [1.29, 1.82) is 0 Å². The number of halogens is 3. The van der Waals surface area contributed by atoms with Gasteiger partial charge in [-0.25, -0.2) is 0 Å². The minimum absolute atomic E-state index is 0.132. The number of amides is 1. The molecule has 0 bridgehead atoms. The average Bonchev–Trinajstić information content (AvgIpc) is 2.25. The van der Waals surface area contributed by atoms with E-state index < -0.39 is 12.1 Å². The molecule has 0 aromatic heterocycles. The van der Waals surface area contributed by atoms with Crippen molar-refractivity contribution < 1.29 is 18.0 Å². The molecule has 1 saturated heterocycles. The topological polar surface area (TPSA) is 20.3 Å². The number of nitrogens with zero attached hydrogens (tertiary/aromatic N) is 1. The summed E-state index contributed by atoms with van der Waals surface area (Å²) in [5, 5.41) is 0.